The Morgan fingerprint density at radius 1 is 0.953 bits per heavy atom. The van der Waals surface area contributed by atoms with Crippen molar-refractivity contribution in [2.45, 2.75) is 38.1 Å². The molecular formula is C31H34Cl2FN7O2. The van der Waals surface area contributed by atoms with Crippen LogP contribution >= 0.6 is 24.8 Å². The first kappa shape index (κ1) is 32.2. The van der Waals surface area contributed by atoms with Gasteiger partial charge in [0.1, 0.15) is 11.3 Å². The fraction of sp³-hybridized carbons (Fsp3) is 0.290. The highest BCUT2D eigenvalue weighted by molar-refractivity contribution is 5.89. The van der Waals surface area contributed by atoms with Crippen molar-refractivity contribution in [2.24, 2.45) is 12.8 Å². The Labute approximate surface area is 261 Å². The second-order valence-corrected chi connectivity index (χ2v) is 10.8. The number of nitrogens with two attached hydrogens (primary N) is 1. The van der Waals surface area contributed by atoms with Gasteiger partial charge in [0.05, 0.1) is 24.2 Å². The molecule has 2 aromatic carbocycles. The van der Waals surface area contributed by atoms with Crippen LogP contribution in [0.5, 0.6) is 0 Å². The fourth-order valence-electron chi connectivity index (χ4n) is 5.57. The van der Waals surface area contributed by atoms with E-state index in [0.29, 0.717) is 50.1 Å². The third-order valence-corrected chi connectivity index (χ3v) is 7.99. The first-order valence-corrected chi connectivity index (χ1v) is 13.7. The molecule has 1 saturated heterocycles. The van der Waals surface area contributed by atoms with E-state index in [1.54, 1.807) is 30.2 Å². The summed E-state index contributed by atoms with van der Waals surface area (Å²) in [4.78, 5) is 24.1. The Balaban J connectivity index is 0.00000212. The SMILES string of the molecule is Cl.Cl.Cn1nc2c(=O)n(CC3(O)CCN(Cc4ccc(-c5ccncc5)cc4F)CC3)cnc2c1-c1ccc(CN)cc1. The number of likely N-dealkylation sites (tertiary alicyclic amines) is 1. The molecule has 0 atom stereocenters. The normalized spacial score (nSPS) is 14.7. The van der Waals surface area contributed by atoms with E-state index in [2.05, 4.69) is 20.0 Å². The zero-order chi connectivity index (χ0) is 28.6. The Bertz CT molecular complexity index is 1750. The molecule has 43 heavy (non-hydrogen) atoms. The molecule has 226 valence electrons. The highest BCUT2D eigenvalue weighted by Gasteiger charge is 2.33. The number of hydrogen-bond donors (Lipinski definition) is 2. The first-order valence-electron chi connectivity index (χ1n) is 13.7. The lowest BCUT2D eigenvalue weighted by Crippen LogP contribution is -2.47. The first-order chi connectivity index (χ1) is 19.8. The molecule has 6 rings (SSSR count). The number of fused-ring (bicyclic) bond motifs is 1. The Hall–Kier alpha value is -3.67. The largest absolute Gasteiger partial charge is 0.388 e. The predicted octanol–water partition coefficient (Wildman–Crippen LogP) is 4.33. The fourth-order valence-corrected chi connectivity index (χ4v) is 5.57. The van der Waals surface area contributed by atoms with Crippen molar-refractivity contribution in [1.29, 1.82) is 0 Å². The van der Waals surface area contributed by atoms with Gasteiger partial charge in [-0.25, -0.2) is 9.37 Å². The molecule has 3 N–H and O–H groups in total. The van der Waals surface area contributed by atoms with Crippen LogP contribution in [0.15, 0.2) is 78.1 Å². The minimum Gasteiger partial charge on any atom is -0.388 e. The van der Waals surface area contributed by atoms with Gasteiger partial charge in [-0.2, -0.15) is 5.10 Å². The number of rotatable bonds is 7. The second-order valence-electron chi connectivity index (χ2n) is 10.8. The summed E-state index contributed by atoms with van der Waals surface area (Å²) in [6.45, 7) is 2.19. The van der Waals surface area contributed by atoms with Crippen LogP contribution in [0, 0.1) is 5.82 Å². The maximum atomic E-state index is 14.9. The molecule has 5 aromatic rings. The van der Waals surface area contributed by atoms with Crippen molar-refractivity contribution in [3.63, 3.8) is 0 Å². The monoisotopic (exact) mass is 625 g/mol. The van der Waals surface area contributed by atoms with Crippen molar-refractivity contribution >= 4 is 35.8 Å². The minimum absolute atomic E-state index is 0. The third-order valence-electron chi connectivity index (χ3n) is 7.99. The molecule has 0 unspecified atom stereocenters. The molecule has 0 aliphatic carbocycles. The number of aromatic nitrogens is 5. The van der Waals surface area contributed by atoms with Gasteiger partial charge >= 0.3 is 0 Å². The van der Waals surface area contributed by atoms with Crippen molar-refractivity contribution in [3.8, 4) is 22.4 Å². The van der Waals surface area contributed by atoms with Crippen LogP contribution in [0.3, 0.4) is 0 Å². The van der Waals surface area contributed by atoms with Crippen molar-refractivity contribution in [2.75, 3.05) is 13.1 Å². The predicted molar refractivity (Wildman–Crippen MR) is 170 cm³/mol. The zero-order valence-corrected chi connectivity index (χ0v) is 25.3. The lowest BCUT2D eigenvalue weighted by atomic mass is 9.91. The number of halogens is 3. The molecule has 9 nitrogen and oxygen atoms in total. The highest BCUT2D eigenvalue weighted by Crippen LogP contribution is 2.28. The molecule has 12 heteroatoms. The summed E-state index contributed by atoms with van der Waals surface area (Å²) >= 11 is 0. The highest BCUT2D eigenvalue weighted by atomic mass is 35.5. The van der Waals surface area contributed by atoms with E-state index < -0.39 is 5.60 Å². The molecule has 4 heterocycles. The van der Waals surface area contributed by atoms with Crippen LogP contribution in [0.1, 0.15) is 24.0 Å². The van der Waals surface area contributed by atoms with Gasteiger partial charge in [0.25, 0.3) is 5.56 Å². The van der Waals surface area contributed by atoms with Gasteiger partial charge in [-0.15, -0.1) is 24.8 Å². The van der Waals surface area contributed by atoms with E-state index >= 15 is 0 Å². The van der Waals surface area contributed by atoms with Crippen LogP contribution in [-0.4, -0.2) is 53.0 Å². The van der Waals surface area contributed by atoms with Crippen molar-refractivity contribution in [3.05, 3.63) is 101 Å². The molecule has 1 aliphatic heterocycles. The standard InChI is InChI=1S/C31H32FN7O2.2ClH/c1-37-29(23-4-2-21(17-33)3-5-23)27-28(36-37)30(40)39(20-35-27)19-31(41)10-14-38(15-11-31)18-25-7-6-24(16-26(25)32)22-8-12-34-13-9-22;;/h2-9,12-13,16,20,41H,10-11,14-15,17-19,33H2,1H3;2*1H. The van der Waals surface area contributed by atoms with E-state index in [1.165, 1.54) is 10.9 Å². The summed E-state index contributed by atoms with van der Waals surface area (Å²) in [5.74, 6) is -0.254. The summed E-state index contributed by atoms with van der Waals surface area (Å²) in [6, 6.07) is 16.8. The van der Waals surface area contributed by atoms with E-state index in [9.17, 15) is 14.3 Å². The summed E-state index contributed by atoms with van der Waals surface area (Å²) in [7, 11) is 1.79. The zero-order valence-electron chi connectivity index (χ0n) is 23.7. The summed E-state index contributed by atoms with van der Waals surface area (Å²) < 4.78 is 18.0. The van der Waals surface area contributed by atoms with Crippen molar-refractivity contribution in [1.82, 2.24) is 29.2 Å². The third kappa shape index (κ3) is 6.63. The quantitative estimate of drug-likeness (QED) is 0.277. The van der Waals surface area contributed by atoms with Gasteiger partial charge in [0.2, 0.25) is 0 Å². The summed E-state index contributed by atoms with van der Waals surface area (Å²) in [6.07, 6.45) is 5.78. The van der Waals surface area contributed by atoms with Crippen LogP contribution in [0.2, 0.25) is 0 Å². The van der Waals surface area contributed by atoms with E-state index in [1.807, 2.05) is 48.5 Å². The molecule has 1 aliphatic rings. The molecule has 0 spiro atoms. The number of piperidine rings is 1. The summed E-state index contributed by atoms with van der Waals surface area (Å²) in [5, 5.41) is 15.8. The Kier molecular flexibility index (Phi) is 9.99. The minimum atomic E-state index is -1.07. The molecule has 1 fully saturated rings. The Morgan fingerprint density at radius 3 is 2.28 bits per heavy atom. The van der Waals surface area contributed by atoms with E-state index in [0.717, 1.165) is 27.9 Å². The molecule has 0 amide bonds. The van der Waals surface area contributed by atoms with Crippen LogP contribution in [-0.2, 0) is 26.7 Å². The van der Waals surface area contributed by atoms with Crippen LogP contribution in [0.4, 0.5) is 4.39 Å². The van der Waals surface area contributed by atoms with Crippen molar-refractivity contribution < 1.29 is 9.50 Å². The molecule has 3 aromatic heterocycles. The number of benzene rings is 2. The summed E-state index contributed by atoms with van der Waals surface area (Å²) in [5.41, 5.74) is 10.1. The lowest BCUT2D eigenvalue weighted by molar-refractivity contribution is -0.0366. The Morgan fingerprint density at radius 2 is 1.63 bits per heavy atom. The number of pyridine rings is 1. The van der Waals surface area contributed by atoms with Crippen LogP contribution < -0.4 is 11.3 Å². The smallest absolute Gasteiger partial charge is 0.281 e. The topological polar surface area (TPSA) is 115 Å². The average Bonchev–Trinajstić information content (AvgIpc) is 3.34. The van der Waals surface area contributed by atoms with Gasteiger partial charge in [-0.05, 0) is 47.7 Å². The van der Waals surface area contributed by atoms with Gasteiger partial charge in [-0.1, -0.05) is 36.4 Å². The number of nitrogens with zero attached hydrogens (tertiary/aromatic N) is 6. The second kappa shape index (κ2) is 13.3. The van der Waals surface area contributed by atoms with Gasteiger partial charge in [0, 0.05) is 56.7 Å². The number of aryl methyl sites for hydroxylation is 1. The molecule has 0 bridgehead atoms. The van der Waals surface area contributed by atoms with Gasteiger partial charge < -0.3 is 10.8 Å². The maximum Gasteiger partial charge on any atom is 0.281 e. The maximum absolute atomic E-state index is 14.9. The lowest BCUT2D eigenvalue weighted by Gasteiger charge is -2.38. The molecule has 0 saturated carbocycles. The van der Waals surface area contributed by atoms with Gasteiger partial charge in [0.15, 0.2) is 5.52 Å². The van der Waals surface area contributed by atoms with Gasteiger partial charge in [-0.3, -0.25) is 23.9 Å². The number of aliphatic hydroxyl groups is 1. The molecular weight excluding hydrogens is 592 g/mol. The van der Waals surface area contributed by atoms with E-state index in [-0.39, 0.29) is 48.3 Å². The average molecular weight is 627 g/mol. The number of hydrogen-bond acceptors (Lipinski definition) is 7. The molecule has 0 radical (unpaired) electrons. The van der Waals surface area contributed by atoms with Crippen LogP contribution in [0.25, 0.3) is 33.4 Å². The van der Waals surface area contributed by atoms with E-state index in [4.69, 9.17) is 5.73 Å².